The Kier molecular flexibility index (Phi) is 4.64. The Morgan fingerprint density at radius 1 is 0.800 bits per heavy atom. The number of hydrogen-bond acceptors (Lipinski definition) is 3. The lowest BCUT2D eigenvalue weighted by Gasteiger charge is -2.15. The van der Waals surface area contributed by atoms with E-state index >= 15 is 0 Å². The maximum atomic E-state index is 9.93. The number of aryl methyl sites for hydroxylation is 2. The maximum Gasteiger partial charge on any atom is 0.460 e. The van der Waals surface area contributed by atoms with Gasteiger partial charge in [-0.2, -0.15) is 0 Å². The first-order valence-electron chi connectivity index (χ1n) is 6.46. The standard InChI is InChI=1S/C16H19O3P/c1-11-5-8-15(9-6-11)18-20(17)19-16-10-7-12(2)13(3)14(16)4/h5-10,17H,1-4H3. The lowest BCUT2D eigenvalue weighted by molar-refractivity contribution is 0.380. The maximum absolute atomic E-state index is 9.93. The van der Waals surface area contributed by atoms with Gasteiger partial charge in [0.05, 0.1) is 0 Å². The predicted octanol–water partition coefficient (Wildman–Crippen LogP) is 4.60. The van der Waals surface area contributed by atoms with Crippen LogP contribution in [0.15, 0.2) is 36.4 Å². The van der Waals surface area contributed by atoms with Crippen LogP contribution in [0.3, 0.4) is 0 Å². The van der Waals surface area contributed by atoms with Gasteiger partial charge >= 0.3 is 8.60 Å². The summed E-state index contributed by atoms with van der Waals surface area (Å²) < 4.78 is 10.9. The Labute approximate surface area is 121 Å². The molecular weight excluding hydrogens is 271 g/mol. The van der Waals surface area contributed by atoms with Crippen molar-refractivity contribution in [2.24, 2.45) is 0 Å². The van der Waals surface area contributed by atoms with Crippen molar-refractivity contribution in [2.75, 3.05) is 0 Å². The number of benzene rings is 2. The lowest BCUT2D eigenvalue weighted by Crippen LogP contribution is -1.97. The fourth-order valence-electron chi connectivity index (χ4n) is 1.82. The average Bonchev–Trinajstić information content (AvgIpc) is 2.42. The Bertz CT molecular complexity index is 593. The second-order valence-electron chi connectivity index (χ2n) is 4.86. The molecule has 2 aromatic carbocycles. The summed E-state index contributed by atoms with van der Waals surface area (Å²) in [5.41, 5.74) is 4.54. The first kappa shape index (κ1) is 14.8. The molecule has 3 nitrogen and oxygen atoms in total. The minimum atomic E-state index is -1.98. The Morgan fingerprint density at radius 2 is 1.45 bits per heavy atom. The normalized spacial score (nSPS) is 12.1. The molecule has 0 heterocycles. The van der Waals surface area contributed by atoms with Gasteiger partial charge in [0, 0.05) is 0 Å². The summed E-state index contributed by atoms with van der Waals surface area (Å²) in [6.07, 6.45) is 0. The van der Waals surface area contributed by atoms with Gasteiger partial charge in [0.2, 0.25) is 0 Å². The molecule has 106 valence electrons. The van der Waals surface area contributed by atoms with E-state index in [0.29, 0.717) is 11.5 Å². The summed E-state index contributed by atoms with van der Waals surface area (Å²) in [4.78, 5) is 9.93. The highest BCUT2D eigenvalue weighted by atomic mass is 31.2. The fraction of sp³-hybridized carbons (Fsp3) is 0.250. The first-order chi connectivity index (χ1) is 9.47. The van der Waals surface area contributed by atoms with Gasteiger partial charge in [-0.15, -0.1) is 0 Å². The van der Waals surface area contributed by atoms with Crippen molar-refractivity contribution in [1.29, 1.82) is 0 Å². The summed E-state index contributed by atoms with van der Waals surface area (Å²) in [7, 11) is -1.98. The highest BCUT2D eigenvalue weighted by Crippen LogP contribution is 2.38. The zero-order valence-electron chi connectivity index (χ0n) is 12.2. The predicted molar refractivity (Wildman–Crippen MR) is 82.2 cm³/mol. The Balaban J connectivity index is 2.06. The van der Waals surface area contributed by atoms with E-state index in [2.05, 4.69) is 6.92 Å². The average molecular weight is 290 g/mol. The van der Waals surface area contributed by atoms with Gasteiger partial charge in [0.15, 0.2) is 0 Å². The van der Waals surface area contributed by atoms with E-state index in [1.165, 1.54) is 11.1 Å². The molecule has 0 aliphatic heterocycles. The van der Waals surface area contributed by atoms with Gasteiger partial charge in [-0.05, 0) is 62.6 Å². The van der Waals surface area contributed by atoms with Crippen LogP contribution in [0.25, 0.3) is 0 Å². The SMILES string of the molecule is Cc1ccc(OP(O)Oc2ccc(C)c(C)c2C)cc1. The van der Waals surface area contributed by atoms with Crippen molar-refractivity contribution in [2.45, 2.75) is 27.7 Å². The molecule has 0 radical (unpaired) electrons. The molecule has 0 amide bonds. The van der Waals surface area contributed by atoms with E-state index < -0.39 is 8.60 Å². The van der Waals surface area contributed by atoms with Crippen molar-refractivity contribution in [3.05, 3.63) is 58.7 Å². The Hall–Kier alpha value is -1.57. The van der Waals surface area contributed by atoms with Crippen molar-refractivity contribution in [3.8, 4) is 11.5 Å². The largest absolute Gasteiger partial charge is 0.460 e. The third-order valence-corrected chi connectivity index (χ3v) is 4.11. The molecule has 1 unspecified atom stereocenters. The van der Waals surface area contributed by atoms with Crippen molar-refractivity contribution in [3.63, 3.8) is 0 Å². The van der Waals surface area contributed by atoms with Crippen molar-refractivity contribution in [1.82, 2.24) is 0 Å². The molecule has 2 rings (SSSR count). The molecule has 0 aliphatic rings. The molecule has 1 N–H and O–H groups in total. The van der Waals surface area contributed by atoms with Crippen LogP contribution in [0, 0.1) is 27.7 Å². The molecule has 0 aromatic heterocycles. The van der Waals surface area contributed by atoms with Crippen LogP contribution < -0.4 is 9.05 Å². The molecule has 0 saturated heterocycles. The molecule has 0 spiro atoms. The second-order valence-corrected chi connectivity index (χ2v) is 5.70. The molecule has 0 bridgehead atoms. The molecule has 4 heteroatoms. The van der Waals surface area contributed by atoms with E-state index in [0.717, 1.165) is 11.1 Å². The second kappa shape index (κ2) is 6.25. The highest BCUT2D eigenvalue weighted by Gasteiger charge is 2.14. The van der Waals surface area contributed by atoms with Gasteiger partial charge in [0.1, 0.15) is 11.5 Å². The summed E-state index contributed by atoms with van der Waals surface area (Å²) in [5.74, 6) is 1.26. The molecule has 0 saturated carbocycles. The molecular formula is C16H19O3P. The van der Waals surface area contributed by atoms with Gasteiger partial charge in [0.25, 0.3) is 0 Å². The number of hydrogen-bond donors (Lipinski definition) is 1. The summed E-state index contributed by atoms with van der Waals surface area (Å²) in [5, 5.41) is 0. The van der Waals surface area contributed by atoms with Gasteiger partial charge < -0.3 is 13.9 Å². The highest BCUT2D eigenvalue weighted by molar-refractivity contribution is 7.41. The van der Waals surface area contributed by atoms with E-state index in [9.17, 15) is 4.89 Å². The van der Waals surface area contributed by atoms with Gasteiger partial charge in [-0.25, -0.2) is 0 Å². The lowest BCUT2D eigenvalue weighted by atomic mass is 10.0. The van der Waals surface area contributed by atoms with E-state index in [1.54, 1.807) is 0 Å². The van der Waals surface area contributed by atoms with Crippen LogP contribution in [0.5, 0.6) is 11.5 Å². The van der Waals surface area contributed by atoms with E-state index in [1.807, 2.05) is 57.2 Å². The van der Waals surface area contributed by atoms with Crippen LogP contribution in [0.2, 0.25) is 0 Å². The summed E-state index contributed by atoms with van der Waals surface area (Å²) in [6.45, 7) is 8.07. The van der Waals surface area contributed by atoms with E-state index in [-0.39, 0.29) is 0 Å². The minimum absolute atomic E-state index is 0.602. The monoisotopic (exact) mass is 290 g/mol. The third-order valence-electron chi connectivity index (χ3n) is 3.39. The number of rotatable bonds is 4. The van der Waals surface area contributed by atoms with E-state index in [4.69, 9.17) is 9.05 Å². The molecule has 0 fully saturated rings. The minimum Gasteiger partial charge on any atom is -0.418 e. The van der Waals surface area contributed by atoms with Gasteiger partial charge in [-0.1, -0.05) is 23.8 Å². The summed E-state index contributed by atoms with van der Waals surface area (Å²) >= 11 is 0. The quantitative estimate of drug-likeness (QED) is 0.836. The van der Waals surface area contributed by atoms with Crippen LogP contribution in [-0.2, 0) is 0 Å². The van der Waals surface area contributed by atoms with Crippen molar-refractivity contribution < 1.29 is 13.9 Å². The molecule has 1 atom stereocenters. The summed E-state index contributed by atoms with van der Waals surface area (Å²) in [6, 6.07) is 11.3. The van der Waals surface area contributed by atoms with Crippen molar-refractivity contribution >= 4 is 8.60 Å². The zero-order valence-corrected chi connectivity index (χ0v) is 13.1. The first-order valence-corrected chi connectivity index (χ1v) is 7.59. The van der Waals surface area contributed by atoms with Crippen LogP contribution >= 0.6 is 8.60 Å². The zero-order chi connectivity index (χ0) is 14.7. The van der Waals surface area contributed by atoms with Gasteiger partial charge in [-0.3, -0.25) is 0 Å². The van der Waals surface area contributed by atoms with Crippen LogP contribution in [0.4, 0.5) is 0 Å². The van der Waals surface area contributed by atoms with Crippen LogP contribution in [-0.4, -0.2) is 4.89 Å². The topological polar surface area (TPSA) is 38.7 Å². The molecule has 0 aliphatic carbocycles. The molecule has 2 aromatic rings. The van der Waals surface area contributed by atoms with Crippen LogP contribution in [0.1, 0.15) is 22.3 Å². The third kappa shape index (κ3) is 3.50. The fourth-order valence-corrected chi connectivity index (χ4v) is 2.53. The Morgan fingerprint density at radius 3 is 2.10 bits per heavy atom. The smallest absolute Gasteiger partial charge is 0.418 e. The molecule has 20 heavy (non-hydrogen) atoms.